The molecule has 22 heavy (non-hydrogen) atoms. The molecule has 3 rings (SSSR count). The second-order valence-electron chi connectivity index (χ2n) is 5.52. The molecule has 120 valence electrons. The van der Waals surface area contributed by atoms with Crippen molar-refractivity contribution < 1.29 is 8.42 Å². The maximum Gasteiger partial charge on any atom is 0.196 e. The zero-order chi connectivity index (χ0) is 15.9. The Morgan fingerprint density at radius 2 is 2.14 bits per heavy atom. The van der Waals surface area contributed by atoms with Crippen LogP contribution in [0.2, 0.25) is 4.34 Å². The highest BCUT2D eigenvalue weighted by molar-refractivity contribution is 7.93. The van der Waals surface area contributed by atoms with Gasteiger partial charge >= 0.3 is 0 Å². The molecule has 1 aliphatic heterocycles. The third-order valence-electron chi connectivity index (χ3n) is 3.72. The van der Waals surface area contributed by atoms with E-state index in [-0.39, 0.29) is 0 Å². The molecule has 0 N–H and O–H groups in total. The van der Waals surface area contributed by atoms with E-state index in [2.05, 4.69) is 9.80 Å². The summed E-state index contributed by atoms with van der Waals surface area (Å²) in [7, 11) is 0.655. The SMILES string of the molecule is CN(C)CCN1CC(S(=O)(=O)c2ccc(Cl)s2)c2ccsc21. The standard InChI is InChI=1S/C14H17ClN2O2S3/c1-16(2)6-7-17-9-11(10-5-8-20-14(10)17)22(18,19)13-4-3-12(15)21-13/h3-5,8,11H,6-7,9H2,1-2H3. The van der Waals surface area contributed by atoms with Crippen LogP contribution in [0, 0.1) is 0 Å². The Bertz CT molecular complexity index is 767. The van der Waals surface area contributed by atoms with E-state index in [1.165, 1.54) is 0 Å². The summed E-state index contributed by atoms with van der Waals surface area (Å²) < 4.78 is 26.7. The van der Waals surface area contributed by atoms with Crippen LogP contribution in [0.1, 0.15) is 10.8 Å². The van der Waals surface area contributed by atoms with Gasteiger partial charge in [-0.2, -0.15) is 0 Å². The first kappa shape index (κ1) is 16.3. The Balaban J connectivity index is 1.90. The fourth-order valence-electron chi connectivity index (χ4n) is 2.56. The number of hydrogen-bond donors (Lipinski definition) is 0. The molecule has 0 radical (unpaired) electrons. The first-order valence-electron chi connectivity index (χ1n) is 6.86. The summed E-state index contributed by atoms with van der Waals surface area (Å²) in [6.45, 7) is 2.25. The van der Waals surface area contributed by atoms with Crippen LogP contribution in [-0.4, -0.2) is 47.0 Å². The van der Waals surface area contributed by atoms with Crippen molar-refractivity contribution in [2.45, 2.75) is 9.46 Å². The quantitative estimate of drug-likeness (QED) is 0.802. The van der Waals surface area contributed by atoms with E-state index in [0.29, 0.717) is 15.1 Å². The van der Waals surface area contributed by atoms with E-state index in [4.69, 9.17) is 11.6 Å². The second-order valence-corrected chi connectivity index (χ2v) is 10.5. The maximum absolute atomic E-state index is 12.9. The van der Waals surface area contributed by atoms with E-state index in [1.54, 1.807) is 23.5 Å². The average molecular weight is 377 g/mol. The van der Waals surface area contributed by atoms with Gasteiger partial charge < -0.3 is 9.80 Å². The molecule has 0 saturated carbocycles. The summed E-state index contributed by atoms with van der Waals surface area (Å²) in [5.41, 5.74) is 0.924. The largest absolute Gasteiger partial charge is 0.360 e. The highest BCUT2D eigenvalue weighted by atomic mass is 35.5. The molecule has 0 saturated heterocycles. The zero-order valence-corrected chi connectivity index (χ0v) is 15.5. The predicted octanol–water partition coefficient (Wildman–Crippen LogP) is 3.36. The Morgan fingerprint density at radius 3 is 2.77 bits per heavy atom. The highest BCUT2D eigenvalue weighted by Gasteiger charge is 2.40. The number of hydrogen-bond acceptors (Lipinski definition) is 6. The molecule has 2 aromatic rings. The van der Waals surface area contributed by atoms with E-state index in [1.807, 2.05) is 25.5 Å². The molecular weight excluding hydrogens is 360 g/mol. The lowest BCUT2D eigenvalue weighted by atomic mass is 10.3. The number of nitrogens with zero attached hydrogens (tertiary/aromatic N) is 2. The molecule has 1 unspecified atom stereocenters. The first-order valence-corrected chi connectivity index (χ1v) is 10.5. The van der Waals surface area contributed by atoms with Crippen molar-refractivity contribution in [3.8, 4) is 0 Å². The van der Waals surface area contributed by atoms with Crippen molar-refractivity contribution in [3.05, 3.63) is 33.5 Å². The van der Waals surface area contributed by atoms with Gasteiger partial charge in [-0.15, -0.1) is 22.7 Å². The Labute approximate surface area is 143 Å². The first-order chi connectivity index (χ1) is 10.4. The summed E-state index contributed by atoms with van der Waals surface area (Å²) in [6, 6.07) is 5.19. The lowest BCUT2D eigenvalue weighted by molar-refractivity contribution is 0.414. The molecule has 8 heteroatoms. The van der Waals surface area contributed by atoms with Crippen LogP contribution >= 0.6 is 34.3 Å². The monoisotopic (exact) mass is 376 g/mol. The fraction of sp³-hybridized carbons (Fsp3) is 0.429. The van der Waals surface area contributed by atoms with Gasteiger partial charge in [-0.05, 0) is 37.7 Å². The number of likely N-dealkylation sites (N-methyl/N-ethyl adjacent to an activating group) is 1. The smallest absolute Gasteiger partial charge is 0.196 e. The van der Waals surface area contributed by atoms with Gasteiger partial charge in [-0.3, -0.25) is 0 Å². The molecule has 0 aliphatic carbocycles. The lowest BCUT2D eigenvalue weighted by Gasteiger charge is -2.21. The summed E-state index contributed by atoms with van der Waals surface area (Å²) in [5.74, 6) is 0. The molecule has 1 atom stereocenters. The van der Waals surface area contributed by atoms with Crippen LogP contribution in [0.4, 0.5) is 5.00 Å². The van der Waals surface area contributed by atoms with Crippen molar-refractivity contribution in [2.24, 2.45) is 0 Å². The molecule has 0 aromatic carbocycles. The number of rotatable bonds is 5. The number of thiophene rings is 2. The molecule has 3 heterocycles. The van der Waals surface area contributed by atoms with Gasteiger partial charge in [-0.1, -0.05) is 11.6 Å². The molecular formula is C14H17ClN2O2S3. The Hall–Kier alpha value is -0.600. The van der Waals surface area contributed by atoms with Gasteiger partial charge in [0.1, 0.15) is 9.46 Å². The van der Waals surface area contributed by atoms with Gasteiger partial charge in [0, 0.05) is 25.2 Å². The topological polar surface area (TPSA) is 40.6 Å². The molecule has 0 amide bonds. The predicted molar refractivity (Wildman–Crippen MR) is 94.3 cm³/mol. The van der Waals surface area contributed by atoms with Crippen LogP contribution in [-0.2, 0) is 9.84 Å². The van der Waals surface area contributed by atoms with Gasteiger partial charge in [0.15, 0.2) is 9.84 Å². The zero-order valence-electron chi connectivity index (χ0n) is 12.3. The fourth-order valence-corrected chi connectivity index (χ4v) is 7.08. The van der Waals surface area contributed by atoms with Crippen LogP contribution in [0.15, 0.2) is 27.8 Å². The van der Waals surface area contributed by atoms with E-state index >= 15 is 0 Å². The van der Waals surface area contributed by atoms with Crippen molar-refractivity contribution in [3.63, 3.8) is 0 Å². The van der Waals surface area contributed by atoms with Crippen LogP contribution in [0.3, 0.4) is 0 Å². The summed E-state index contributed by atoms with van der Waals surface area (Å²) >= 11 is 8.65. The summed E-state index contributed by atoms with van der Waals surface area (Å²) in [5, 5.41) is 2.56. The van der Waals surface area contributed by atoms with Crippen LogP contribution in [0.5, 0.6) is 0 Å². The minimum atomic E-state index is -3.39. The molecule has 1 aliphatic rings. The van der Waals surface area contributed by atoms with Crippen molar-refractivity contribution >= 4 is 49.1 Å². The minimum Gasteiger partial charge on any atom is -0.360 e. The average Bonchev–Trinajstić information content (AvgIpc) is 3.11. The third kappa shape index (κ3) is 2.92. The molecule has 0 bridgehead atoms. The highest BCUT2D eigenvalue weighted by Crippen LogP contribution is 2.46. The Morgan fingerprint density at radius 1 is 1.36 bits per heavy atom. The number of fused-ring (bicyclic) bond motifs is 1. The molecule has 0 fully saturated rings. The van der Waals surface area contributed by atoms with Crippen molar-refractivity contribution in [1.82, 2.24) is 4.90 Å². The van der Waals surface area contributed by atoms with E-state index in [0.717, 1.165) is 35.0 Å². The maximum atomic E-state index is 12.9. The number of sulfone groups is 1. The van der Waals surface area contributed by atoms with Gasteiger partial charge in [0.05, 0.1) is 9.34 Å². The minimum absolute atomic E-state index is 0.356. The summed E-state index contributed by atoms with van der Waals surface area (Å²) in [4.78, 5) is 4.28. The second kappa shape index (κ2) is 6.13. The van der Waals surface area contributed by atoms with Crippen LogP contribution in [0.25, 0.3) is 0 Å². The molecule has 0 spiro atoms. The number of anilines is 1. The summed E-state index contributed by atoms with van der Waals surface area (Å²) in [6.07, 6.45) is 0. The third-order valence-corrected chi connectivity index (χ3v) is 8.53. The van der Waals surface area contributed by atoms with Gasteiger partial charge in [0.2, 0.25) is 0 Å². The van der Waals surface area contributed by atoms with Gasteiger partial charge in [-0.25, -0.2) is 8.42 Å². The van der Waals surface area contributed by atoms with Crippen molar-refractivity contribution in [1.29, 1.82) is 0 Å². The van der Waals surface area contributed by atoms with Crippen LogP contribution < -0.4 is 4.90 Å². The normalized spacial score (nSPS) is 18.2. The number of halogens is 1. The van der Waals surface area contributed by atoms with Gasteiger partial charge in [0.25, 0.3) is 0 Å². The molecule has 4 nitrogen and oxygen atoms in total. The van der Waals surface area contributed by atoms with E-state index < -0.39 is 15.1 Å². The van der Waals surface area contributed by atoms with E-state index in [9.17, 15) is 8.42 Å². The Kier molecular flexibility index (Phi) is 4.53. The molecule has 2 aromatic heterocycles. The lowest BCUT2D eigenvalue weighted by Crippen LogP contribution is -2.31. The van der Waals surface area contributed by atoms with Crippen molar-refractivity contribution in [2.75, 3.05) is 38.6 Å².